The molecule has 0 unspecified atom stereocenters. The topological polar surface area (TPSA) is 75.6 Å². The maximum atomic E-state index is 11.8. The van der Waals surface area contributed by atoms with E-state index in [0.717, 1.165) is 16.7 Å². The van der Waals surface area contributed by atoms with Crippen molar-refractivity contribution in [1.82, 2.24) is 5.32 Å². The average molecular weight is 348 g/mol. The first-order chi connectivity index (χ1) is 11.4. The first kappa shape index (κ1) is 17.8. The van der Waals surface area contributed by atoms with Gasteiger partial charge in [0, 0.05) is 11.6 Å². The second-order valence-corrected chi connectivity index (χ2v) is 5.82. The molecule has 24 heavy (non-hydrogen) atoms. The van der Waals surface area contributed by atoms with E-state index >= 15 is 0 Å². The molecule has 2 rings (SSSR count). The van der Waals surface area contributed by atoms with Crippen LogP contribution in [0.3, 0.4) is 0 Å². The molecule has 0 saturated carbocycles. The van der Waals surface area contributed by atoms with Crippen molar-refractivity contribution in [2.75, 3.05) is 6.61 Å². The number of hydrogen-bond acceptors (Lipinski definition) is 3. The van der Waals surface area contributed by atoms with Crippen molar-refractivity contribution in [3.8, 4) is 5.75 Å². The summed E-state index contributed by atoms with van der Waals surface area (Å²) in [7, 11) is 0. The highest BCUT2D eigenvalue weighted by Gasteiger charge is 2.07. The number of hydrogen-bond donors (Lipinski definition) is 2. The van der Waals surface area contributed by atoms with E-state index in [4.69, 9.17) is 21.4 Å². The normalized spacial score (nSPS) is 10.3. The van der Waals surface area contributed by atoms with Gasteiger partial charge in [0.25, 0.3) is 5.91 Å². The van der Waals surface area contributed by atoms with Crippen LogP contribution in [0.25, 0.3) is 0 Å². The number of carboxylic acids is 1. The molecule has 0 aliphatic rings. The minimum absolute atomic E-state index is 0.103. The van der Waals surface area contributed by atoms with Gasteiger partial charge in [0.05, 0.1) is 5.56 Å². The van der Waals surface area contributed by atoms with Gasteiger partial charge in [0.1, 0.15) is 5.75 Å². The van der Waals surface area contributed by atoms with E-state index in [1.54, 1.807) is 24.3 Å². The molecule has 6 heteroatoms. The zero-order chi connectivity index (χ0) is 17.7. The van der Waals surface area contributed by atoms with Gasteiger partial charge in [-0.25, -0.2) is 4.79 Å². The highest BCUT2D eigenvalue weighted by atomic mass is 35.5. The van der Waals surface area contributed by atoms with E-state index in [1.165, 1.54) is 12.1 Å². The van der Waals surface area contributed by atoms with Gasteiger partial charge in [-0.2, -0.15) is 0 Å². The van der Waals surface area contributed by atoms with Crippen LogP contribution in [0.1, 0.15) is 27.0 Å². The molecule has 126 valence electrons. The summed E-state index contributed by atoms with van der Waals surface area (Å²) in [6.45, 7) is 3.96. The summed E-state index contributed by atoms with van der Waals surface area (Å²) in [5, 5.41) is 12.2. The first-order valence-corrected chi connectivity index (χ1v) is 7.73. The molecule has 2 aromatic rings. The molecule has 2 aromatic carbocycles. The summed E-state index contributed by atoms with van der Waals surface area (Å²) < 4.78 is 5.48. The highest BCUT2D eigenvalue weighted by Crippen LogP contribution is 2.25. The smallest absolute Gasteiger partial charge is 0.335 e. The van der Waals surface area contributed by atoms with Crippen molar-refractivity contribution in [3.05, 3.63) is 63.7 Å². The quantitative estimate of drug-likeness (QED) is 0.840. The number of rotatable bonds is 6. The molecule has 0 aliphatic carbocycles. The summed E-state index contributed by atoms with van der Waals surface area (Å²) in [6, 6.07) is 9.90. The van der Waals surface area contributed by atoms with Gasteiger partial charge in [0.15, 0.2) is 6.61 Å². The number of nitrogens with one attached hydrogen (secondary N) is 1. The Morgan fingerprint density at radius 3 is 2.25 bits per heavy atom. The van der Waals surface area contributed by atoms with Gasteiger partial charge in [-0.05, 0) is 54.8 Å². The third-order valence-electron chi connectivity index (χ3n) is 3.47. The zero-order valence-electron chi connectivity index (χ0n) is 13.4. The van der Waals surface area contributed by atoms with Crippen molar-refractivity contribution >= 4 is 23.5 Å². The van der Waals surface area contributed by atoms with Gasteiger partial charge in [-0.15, -0.1) is 0 Å². The number of carboxylic acid groups (broad SMARTS) is 1. The van der Waals surface area contributed by atoms with Gasteiger partial charge in [0.2, 0.25) is 0 Å². The van der Waals surface area contributed by atoms with Crippen LogP contribution in [0.4, 0.5) is 0 Å². The SMILES string of the molecule is Cc1cc(OCC(=O)NCc2ccc(C(=O)O)cc2)cc(C)c1Cl. The molecule has 0 atom stereocenters. The fraction of sp³-hybridized carbons (Fsp3) is 0.222. The van der Waals surface area contributed by atoms with E-state index in [1.807, 2.05) is 13.8 Å². The van der Waals surface area contributed by atoms with Gasteiger partial charge in [-0.1, -0.05) is 23.7 Å². The van der Waals surface area contributed by atoms with E-state index in [-0.39, 0.29) is 18.1 Å². The van der Waals surface area contributed by atoms with Crippen molar-refractivity contribution in [2.45, 2.75) is 20.4 Å². The standard InChI is InChI=1S/C18H18ClNO4/c1-11-7-15(8-12(2)17(11)19)24-10-16(21)20-9-13-3-5-14(6-4-13)18(22)23/h3-8H,9-10H2,1-2H3,(H,20,21)(H,22,23). The van der Waals surface area contributed by atoms with E-state index in [2.05, 4.69) is 5.32 Å². The van der Waals surface area contributed by atoms with E-state index in [0.29, 0.717) is 17.3 Å². The molecule has 0 saturated heterocycles. The summed E-state index contributed by atoms with van der Waals surface area (Å²) in [6.07, 6.45) is 0. The van der Waals surface area contributed by atoms with Crippen molar-refractivity contribution in [2.24, 2.45) is 0 Å². The molecule has 1 amide bonds. The van der Waals surface area contributed by atoms with Crippen LogP contribution in [0.15, 0.2) is 36.4 Å². The minimum atomic E-state index is -0.979. The molecular formula is C18H18ClNO4. The predicted octanol–water partition coefficient (Wildman–Crippen LogP) is 3.35. The molecule has 0 bridgehead atoms. The summed E-state index contributed by atoms with van der Waals surface area (Å²) in [5.41, 5.74) is 2.81. The highest BCUT2D eigenvalue weighted by molar-refractivity contribution is 6.32. The molecule has 0 radical (unpaired) electrons. The van der Waals surface area contributed by atoms with Gasteiger partial charge in [-0.3, -0.25) is 4.79 Å². The lowest BCUT2D eigenvalue weighted by molar-refractivity contribution is -0.123. The Bertz CT molecular complexity index is 733. The average Bonchev–Trinajstić information content (AvgIpc) is 2.56. The first-order valence-electron chi connectivity index (χ1n) is 7.35. The summed E-state index contributed by atoms with van der Waals surface area (Å²) in [5.74, 6) is -0.648. The molecule has 0 spiro atoms. The summed E-state index contributed by atoms with van der Waals surface area (Å²) in [4.78, 5) is 22.6. The molecule has 0 heterocycles. The Kier molecular flexibility index (Phi) is 5.82. The predicted molar refractivity (Wildman–Crippen MR) is 91.7 cm³/mol. The Labute approximate surface area is 145 Å². The fourth-order valence-electron chi connectivity index (χ4n) is 2.16. The number of amides is 1. The molecule has 2 N–H and O–H groups in total. The monoisotopic (exact) mass is 347 g/mol. The Hall–Kier alpha value is -2.53. The van der Waals surface area contributed by atoms with Gasteiger partial charge >= 0.3 is 5.97 Å². The van der Waals surface area contributed by atoms with Crippen LogP contribution in [0.2, 0.25) is 5.02 Å². The van der Waals surface area contributed by atoms with E-state index < -0.39 is 5.97 Å². The van der Waals surface area contributed by atoms with Crippen LogP contribution in [0.5, 0.6) is 5.75 Å². The largest absolute Gasteiger partial charge is 0.484 e. The van der Waals surface area contributed by atoms with Crippen molar-refractivity contribution < 1.29 is 19.4 Å². The number of carbonyl (C=O) groups excluding carboxylic acids is 1. The number of ether oxygens (including phenoxy) is 1. The van der Waals surface area contributed by atoms with Crippen molar-refractivity contribution in [3.63, 3.8) is 0 Å². The lowest BCUT2D eigenvalue weighted by Gasteiger charge is -2.10. The molecule has 0 fully saturated rings. The molecule has 5 nitrogen and oxygen atoms in total. The second-order valence-electron chi connectivity index (χ2n) is 5.44. The van der Waals surface area contributed by atoms with E-state index in [9.17, 15) is 9.59 Å². The maximum Gasteiger partial charge on any atom is 0.335 e. The Morgan fingerprint density at radius 1 is 1.12 bits per heavy atom. The Balaban J connectivity index is 1.84. The third kappa shape index (κ3) is 4.73. The number of benzene rings is 2. The molecular weight excluding hydrogens is 330 g/mol. The Morgan fingerprint density at radius 2 is 1.71 bits per heavy atom. The van der Waals surface area contributed by atoms with Crippen LogP contribution in [-0.4, -0.2) is 23.6 Å². The number of carbonyl (C=O) groups is 2. The lowest BCUT2D eigenvalue weighted by Crippen LogP contribution is -2.28. The fourth-order valence-corrected chi connectivity index (χ4v) is 2.26. The maximum absolute atomic E-state index is 11.8. The molecule has 0 aromatic heterocycles. The number of aromatic carboxylic acids is 1. The minimum Gasteiger partial charge on any atom is -0.484 e. The molecule has 0 aliphatic heterocycles. The van der Waals surface area contributed by atoms with Crippen molar-refractivity contribution in [1.29, 1.82) is 0 Å². The third-order valence-corrected chi connectivity index (χ3v) is 4.07. The van der Waals surface area contributed by atoms with Gasteiger partial charge < -0.3 is 15.2 Å². The lowest BCUT2D eigenvalue weighted by atomic mass is 10.1. The second kappa shape index (κ2) is 7.84. The summed E-state index contributed by atoms with van der Waals surface area (Å²) >= 11 is 6.09. The van der Waals surface area contributed by atoms with Crippen LogP contribution < -0.4 is 10.1 Å². The number of halogens is 1. The zero-order valence-corrected chi connectivity index (χ0v) is 14.2. The van der Waals surface area contributed by atoms with Crippen LogP contribution in [-0.2, 0) is 11.3 Å². The van der Waals surface area contributed by atoms with Crippen LogP contribution in [0, 0.1) is 13.8 Å². The number of aryl methyl sites for hydroxylation is 2. The van der Waals surface area contributed by atoms with Crippen LogP contribution >= 0.6 is 11.6 Å².